The van der Waals surface area contributed by atoms with Crippen LogP contribution >= 0.6 is 11.8 Å². The van der Waals surface area contributed by atoms with E-state index in [1.807, 2.05) is 0 Å². The molecule has 4 aliphatic carbocycles. The number of carboxylic acids is 2. The lowest BCUT2D eigenvalue weighted by atomic mass is 9.91. The van der Waals surface area contributed by atoms with E-state index in [9.17, 15) is 14.4 Å². The van der Waals surface area contributed by atoms with Crippen LogP contribution in [0.15, 0.2) is 0 Å². The molecule has 43 heavy (non-hydrogen) atoms. The summed E-state index contributed by atoms with van der Waals surface area (Å²) in [6.07, 6.45) is 29.1. The standard InChI is InChI=1S/2C12H23N.C9H12N2O5S/c2*1-3-7-11(8-4-1)13-12-9-5-2-6-10-12;1-5(12)11-7(9(15)16)4-17-3-6(2-10)8(13)14/h2*11-13H,1-10H2;6-7H,3-4H2,1H3,(H,11,12)(H,13,14)(H,15,16)/t;;6?,7-/m..0/s1. The highest BCUT2D eigenvalue weighted by Gasteiger charge is 2.22. The van der Waals surface area contributed by atoms with E-state index in [0.29, 0.717) is 0 Å². The third-order valence-electron chi connectivity index (χ3n) is 9.06. The van der Waals surface area contributed by atoms with Crippen LogP contribution in [0.5, 0.6) is 0 Å². The number of carbonyl (C=O) groups excluding carboxylic acids is 1. The predicted octanol–water partition coefficient (Wildman–Crippen LogP) is 6.02. The maximum atomic E-state index is 10.7. The Bertz CT molecular complexity index is 764. The molecule has 9 nitrogen and oxygen atoms in total. The summed E-state index contributed by atoms with van der Waals surface area (Å²) in [6, 6.07) is 4.00. The molecule has 5 N–H and O–H groups in total. The second-order valence-electron chi connectivity index (χ2n) is 12.8. The third kappa shape index (κ3) is 17.3. The topological polar surface area (TPSA) is 152 Å². The molecule has 1 amide bonds. The second-order valence-corrected chi connectivity index (χ2v) is 13.9. The van der Waals surface area contributed by atoms with Gasteiger partial charge in [-0.25, -0.2) is 4.79 Å². The van der Waals surface area contributed by atoms with Crippen molar-refractivity contribution in [2.24, 2.45) is 5.92 Å². The number of carboxylic acid groups (broad SMARTS) is 2. The van der Waals surface area contributed by atoms with E-state index >= 15 is 0 Å². The second kappa shape index (κ2) is 22.6. The molecule has 0 saturated heterocycles. The maximum Gasteiger partial charge on any atom is 0.327 e. The average Bonchev–Trinajstić information content (AvgIpc) is 3.01. The van der Waals surface area contributed by atoms with Crippen LogP contribution in [-0.4, -0.2) is 69.8 Å². The summed E-state index contributed by atoms with van der Waals surface area (Å²) in [6.45, 7) is 1.19. The van der Waals surface area contributed by atoms with E-state index in [4.69, 9.17) is 15.5 Å². The minimum atomic E-state index is -1.24. The molecule has 10 heteroatoms. The highest BCUT2D eigenvalue weighted by atomic mass is 32.2. The van der Waals surface area contributed by atoms with Gasteiger partial charge in [-0.1, -0.05) is 77.0 Å². The Morgan fingerprint density at radius 1 is 0.651 bits per heavy atom. The highest BCUT2D eigenvalue weighted by molar-refractivity contribution is 7.99. The number of nitriles is 1. The number of thioether (sulfide) groups is 1. The number of nitrogens with one attached hydrogen (secondary N) is 3. The fraction of sp³-hybridized carbons (Fsp3) is 0.879. The van der Waals surface area contributed by atoms with Gasteiger partial charge in [0, 0.05) is 42.6 Å². The van der Waals surface area contributed by atoms with Crippen molar-refractivity contribution in [3.63, 3.8) is 0 Å². The minimum absolute atomic E-state index is 0.0143. The predicted molar refractivity (Wildman–Crippen MR) is 173 cm³/mol. The van der Waals surface area contributed by atoms with Crippen LogP contribution in [0.25, 0.3) is 0 Å². The third-order valence-corrected chi connectivity index (χ3v) is 10.2. The van der Waals surface area contributed by atoms with Crippen molar-refractivity contribution in [1.29, 1.82) is 5.26 Å². The number of hydrogen-bond donors (Lipinski definition) is 5. The molecule has 246 valence electrons. The van der Waals surface area contributed by atoms with Crippen LogP contribution in [0.1, 0.15) is 135 Å². The molecule has 0 heterocycles. The van der Waals surface area contributed by atoms with Crippen molar-refractivity contribution < 1.29 is 24.6 Å². The number of rotatable bonds is 11. The molecule has 0 spiro atoms. The van der Waals surface area contributed by atoms with E-state index in [1.165, 1.54) is 135 Å². The Morgan fingerprint density at radius 3 is 1.26 bits per heavy atom. The van der Waals surface area contributed by atoms with Crippen LogP contribution in [0.3, 0.4) is 0 Å². The fourth-order valence-electron chi connectivity index (χ4n) is 6.63. The Balaban J connectivity index is 0.000000227. The molecule has 0 bridgehead atoms. The van der Waals surface area contributed by atoms with Gasteiger partial charge in [0.15, 0.2) is 5.92 Å². The summed E-state index contributed by atoms with van der Waals surface area (Å²) in [5.74, 6) is -4.10. The van der Waals surface area contributed by atoms with Gasteiger partial charge in [-0.15, -0.1) is 0 Å². The van der Waals surface area contributed by atoms with Crippen LogP contribution in [0.2, 0.25) is 0 Å². The molecule has 4 fully saturated rings. The minimum Gasteiger partial charge on any atom is -0.480 e. The first-order valence-corrected chi connectivity index (χ1v) is 18.2. The Labute approximate surface area is 264 Å². The van der Waals surface area contributed by atoms with Crippen molar-refractivity contribution in [2.45, 2.75) is 166 Å². The first kappa shape index (κ1) is 37.4. The lowest BCUT2D eigenvalue weighted by Gasteiger charge is -2.30. The molecule has 0 aliphatic heterocycles. The van der Waals surface area contributed by atoms with E-state index in [0.717, 1.165) is 35.9 Å². The zero-order chi connectivity index (χ0) is 31.3. The Morgan fingerprint density at radius 2 is 1.00 bits per heavy atom. The summed E-state index contributed by atoms with van der Waals surface area (Å²) < 4.78 is 0. The van der Waals surface area contributed by atoms with Crippen molar-refractivity contribution in [2.75, 3.05) is 11.5 Å². The van der Waals surface area contributed by atoms with Gasteiger partial charge in [0.1, 0.15) is 6.04 Å². The van der Waals surface area contributed by atoms with Crippen molar-refractivity contribution in [1.82, 2.24) is 16.0 Å². The molecule has 4 rings (SSSR count). The summed E-state index contributed by atoms with van der Waals surface area (Å²) in [4.78, 5) is 31.9. The average molecular weight is 623 g/mol. The lowest BCUT2D eigenvalue weighted by Crippen LogP contribution is -2.41. The molecule has 0 aromatic carbocycles. The van der Waals surface area contributed by atoms with Crippen molar-refractivity contribution in [3.8, 4) is 6.07 Å². The number of nitrogens with zero attached hydrogens (tertiary/aromatic N) is 1. The lowest BCUT2D eigenvalue weighted by molar-refractivity contribution is -0.140. The van der Waals surface area contributed by atoms with E-state index in [1.54, 1.807) is 6.07 Å². The number of carbonyl (C=O) groups is 3. The molecule has 0 radical (unpaired) electrons. The molecular formula is C33H58N4O5S. The largest absolute Gasteiger partial charge is 0.480 e. The zero-order valence-corrected chi connectivity index (χ0v) is 27.3. The SMILES string of the molecule is C1CCC(NC2CCCCC2)CC1.C1CCC(NC2CCCCC2)CC1.CC(=O)N[C@@H](CSCC(C#N)C(=O)O)C(=O)O. The highest BCUT2D eigenvalue weighted by Crippen LogP contribution is 2.24. The molecular weight excluding hydrogens is 564 g/mol. The fourth-order valence-corrected chi connectivity index (χ4v) is 7.68. The Kier molecular flexibility index (Phi) is 19.7. The van der Waals surface area contributed by atoms with Gasteiger partial charge in [0.2, 0.25) is 5.91 Å². The van der Waals surface area contributed by atoms with Crippen LogP contribution in [-0.2, 0) is 14.4 Å². The summed E-state index contributed by atoms with van der Waals surface area (Å²) in [5, 5.41) is 35.7. The van der Waals surface area contributed by atoms with E-state index in [-0.39, 0.29) is 11.5 Å². The van der Waals surface area contributed by atoms with Crippen molar-refractivity contribution in [3.05, 3.63) is 0 Å². The number of hydrogen-bond acceptors (Lipinski definition) is 7. The van der Waals surface area contributed by atoms with Gasteiger partial charge < -0.3 is 26.2 Å². The van der Waals surface area contributed by atoms with Crippen LogP contribution < -0.4 is 16.0 Å². The van der Waals surface area contributed by atoms with E-state index in [2.05, 4.69) is 16.0 Å². The zero-order valence-electron chi connectivity index (χ0n) is 26.5. The van der Waals surface area contributed by atoms with Gasteiger partial charge in [0.25, 0.3) is 0 Å². The molecule has 1 unspecified atom stereocenters. The quantitative estimate of drug-likeness (QED) is 0.186. The first-order valence-electron chi connectivity index (χ1n) is 17.0. The van der Waals surface area contributed by atoms with Gasteiger partial charge in [-0.3, -0.25) is 9.59 Å². The molecule has 4 aliphatic rings. The summed E-state index contributed by atoms with van der Waals surface area (Å²) >= 11 is 0.994. The number of amides is 1. The van der Waals surface area contributed by atoms with Crippen LogP contribution in [0, 0.1) is 17.2 Å². The van der Waals surface area contributed by atoms with Crippen molar-refractivity contribution >= 4 is 29.6 Å². The first-order chi connectivity index (χ1) is 20.8. The molecule has 4 saturated carbocycles. The van der Waals surface area contributed by atoms with Gasteiger partial charge in [-0.2, -0.15) is 17.0 Å². The summed E-state index contributed by atoms with van der Waals surface area (Å²) in [5.41, 5.74) is 0. The number of aliphatic carboxylic acids is 2. The monoisotopic (exact) mass is 622 g/mol. The normalized spacial score (nSPS) is 22.0. The van der Waals surface area contributed by atoms with Gasteiger partial charge in [-0.05, 0) is 51.4 Å². The molecule has 0 aromatic rings. The Hall–Kier alpha value is -1.83. The van der Waals surface area contributed by atoms with Gasteiger partial charge in [0.05, 0.1) is 6.07 Å². The maximum absolute atomic E-state index is 10.7. The van der Waals surface area contributed by atoms with Gasteiger partial charge >= 0.3 is 11.9 Å². The van der Waals surface area contributed by atoms with E-state index < -0.39 is 29.8 Å². The van der Waals surface area contributed by atoms with Crippen LogP contribution in [0.4, 0.5) is 0 Å². The molecule has 2 atom stereocenters. The summed E-state index contributed by atoms with van der Waals surface area (Å²) in [7, 11) is 0. The molecule has 0 aromatic heterocycles. The smallest absolute Gasteiger partial charge is 0.327 e.